The van der Waals surface area contributed by atoms with Crippen molar-refractivity contribution in [3.8, 4) is 0 Å². The second-order valence-electron chi connectivity index (χ2n) is 5.59. The molecule has 124 valence electrons. The average Bonchev–Trinajstić information content (AvgIpc) is 2.48. The maximum atomic E-state index is 12.3. The van der Waals surface area contributed by atoms with Gasteiger partial charge in [0.25, 0.3) is 5.91 Å². The van der Waals surface area contributed by atoms with E-state index in [1.807, 2.05) is 27.7 Å². The summed E-state index contributed by atoms with van der Waals surface area (Å²) in [6.45, 7) is 9.46. The highest BCUT2D eigenvalue weighted by Crippen LogP contribution is 2.14. The van der Waals surface area contributed by atoms with Crippen molar-refractivity contribution in [2.75, 3.05) is 19.6 Å². The molecule has 0 radical (unpaired) electrons. The molecular formula is C16H26N2O3S. The van der Waals surface area contributed by atoms with Gasteiger partial charge in [-0.1, -0.05) is 19.9 Å². The van der Waals surface area contributed by atoms with Gasteiger partial charge in [0.15, 0.2) is 0 Å². The summed E-state index contributed by atoms with van der Waals surface area (Å²) in [5.74, 6) is 0.280. The van der Waals surface area contributed by atoms with Gasteiger partial charge in [-0.15, -0.1) is 0 Å². The molecule has 0 aromatic heterocycles. The van der Waals surface area contributed by atoms with E-state index < -0.39 is 10.0 Å². The number of nitrogens with one attached hydrogen (secondary N) is 1. The minimum Gasteiger partial charge on any atom is -0.339 e. The van der Waals surface area contributed by atoms with Crippen LogP contribution in [-0.2, 0) is 10.0 Å². The van der Waals surface area contributed by atoms with Crippen LogP contribution < -0.4 is 4.72 Å². The van der Waals surface area contributed by atoms with Crippen molar-refractivity contribution >= 4 is 15.9 Å². The van der Waals surface area contributed by atoms with E-state index in [1.165, 1.54) is 12.1 Å². The van der Waals surface area contributed by atoms with E-state index in [4.69, 9.17) is 0 Å². The van der Waals surface area contributed by atoms with E-state index >= 15 is 0 Å². The number of carbonyl (C=O) groups excluding carboxylic acids is 1. The maximum Gasteiger partial charge on any atom is 0.253 e. The van der Waals surface area contributed by atoms with Crippen molar-refractivity contribution in [1.82, 2.24) is 9.62 Å². The lowest BCUT2D eigenvalue weighted by Gasteiger charge is -2.19. The molecule has 0 fully saturated rings. The summed E-state index contributed by atoms with van der Waals surface area (Å²) in [7, 11) is -3.57. The molecule has 0 aliphatic heterocycles. The molecule has 1 rings (SSSR count). The van der Waals surface area contributed by atoms with E-state index in [1.54, 1.807) is 17.0 Å². The van der Waals surface area contributed by atoms with Gasteiger partial charge in [-0.3, -0.25) is 4.79 Å². The fourth-order valence-corrected chi connectivity index (χ4v) is 3.15. The topological polar surface area (TPSA) is 66.5 Å². The Morgan fingerprint density at radius 1 is 1.23 bits per heavy atom. The molecule has 0 bridgehead atoms. The lowest BCUT2D eigenvalue weighted by Crippen LogP contribution is -2.31. The Hall–Kier alpha value is -1.40. The Bertz CT molecular complexity index is 593. The molecule has 0 saturated heterocycles. The van der Waals surface area contributed by atoms with Gasteiger partial charge in [0.2, 0.25) is 10.0 Å². The van der Waals surface area contributed by atoms with Gasteiger partial charge in [-0.2, -0.15) is 0 Å². The fraction of sp³-hybridized carbons (Fsp3) is 0.562. The third kappa shape index (κ3) is 5.10. The molecule has 1 N–H and O–H groups in total. The summed E-state index contributed by atoms with van der Waals surface area (Å²) in [5.41, 5.74) is 0.399. The standard InChI is InChI=1S/C16H26N2O3S/c1-5-18(6-2)16(19)14-8-7-9-15(12-14)22(20,21)17-11-10-13(3)4/h7-9,12-13,17H,5-6,10-11H2,1-4H3. The largest absolute Gasteiger partial charge is 0.339 e. The van der Waals surface area contributed by atoms with Gasteiger partial charge < -0.3 is 4.90 Å². The predicted molar refractivity (Wildman–Crippen MR) is 88.3 cm³/mol. The Balaban J connectivity index is 2.93. The van der Waals surface area contributed by atoms with Crippen molar-refractivity contribution in [2.45, 2.75) is 39.0 Å². The minimum atomic E-state index is -3.57. The summed E-state index contributed by atoms with van der Waals surface area (Å²) < 4.78 is 27.1. The molecule has 0 saturated carbocycles. The van der Waals surface area contributed by atoms with Gasteiger partial charge in [0.05, 0.1) is 4.90 Å². The molecule has 0 aliphatic rings. The van der Waals surface area contributed by atoms with Crippen molar-refractivity contribution in [3.63, 3.8) is 0 Å². The molecular weight excluding hydrogens is 300 g/mol. The number of hydrogen-bond acceptors (Lipinski definition) is 3. The van der Waals surface area contributed by atoms with Gasteiger partial charge in [0.1, 0.15) is 0 Å². The van der Waals surface area contributed by atoms with E-state index in [0.717, 1.165) is 6.42 Å². The van der Waals surface area contributed by atoms with Crippen LogP contribution in [0.2, 0.25) is 0 Å². The zero-order valence-corrected chi connectivity index (χ0v) is 14.6. The molecule has 1 aromatic rings. The van der Waals surface area contributed by atoms with Crippen LogP contribution in [0.5, 0.6) is 0 Å². The van der Waals surface area contributed by atoms with Gasteiger partial charge in [0, 0.05) is 25.2 Å². The summed E-state index contributed by atoms with van der Waals surface area (Å²) >= 11 is 0. The highest BCUT2D eigenvalue weighted by Gasteiger charge is 2.18. The van der Waals surface area contributed by atoms with Gasteiger partial charge in [-0.25, -0.2) is 13.1 Å². The third-order valence-corrected chi connectivity index (χ3v) is 4.91. The summed E-state index contributed by atoms with van der Waals surface area (Å²) in [6.07, 6.45) is 0.775. The molecule has 0 heterocycles. The first-order valence-corrected chi connectivity index (χ1v) is 9.19. The van der Waals surface area contributed by atoms with Crippen LogP contribution >= 0.6 is 0 Å². The molecule has 0 atom stereocenters. The summed E-state index contributed by atoms with van der Waals surface area (Å²) in [6, 6.07) is 6.20. The van der Waals surface area contributed by atoms with Crippen molar-refractivity contribution < 1.29 is 13.2 Å². The first-order valence-electron chi connectivity index (χ1n) is 7.70. The SMILES string of the molecule is CCN(CC)C(=O)c1cccc(S(=O)(=O)NCCC(C)C)c1. The van der Waals surface area contributed by atoms with Gasteiger partial charge in [-0.05, 0) is 44.4 Å². The predicted octanol–water partition coefficient (Wildman–Crippen LogP) is 2.49. The number of carbonyl (C=O) groups is 1. The van der Waals surface area contributed by atoms with E-state index in [0.29, 0.717) is 31.1 Å². The lowest BCUT2D eigenvalue weighted by atomic mass is 10.1. The Kier molecular flexibility index (Phi) is 7.03. The molecule has 0 aliphatic carbocycles. The normalized spacial score (nSPS) is 11.7. The van der Waals surface area contributed by atoms with Crippen LogP contribution in [0.25, 0.3) is 0 Å². The van der Waals surface area contributed by atoms with E-state index in [2.05, 4.69) is 4.72 Å². The number of amides is 1. The second-order valence-corrected chi connectivity index (χ2v) is 7.35. The quantitative estimate of drug-likeness (QED) is 0.798. The fourth-order valence-electron chi connectivity index (χ4n) is 2.05. The molecule has 1 amide bonds. The molecule has 22 heavy (non-hydrogen) atoms. The lowest BCUT2D eigenvalue weighted by molar-refractivity contribution is 0.0772. The first kappa shape index (κ1) is 18.6. The second kappa shape index (κ2) is 8.29. The summed E-state index contributed by atoms with van der Waals surface area (Å²) in [4.78, 5) is 14.1. The highest BCUT2D eigenvalue weighted by atomic mass is 32.2. The number of nitrogens with zero attached hydrogens (tertiary/aromatic N) is 1. The highest BCUT2D eigenvalue weighted by molar-refractivity contribution is 7.89. The smallest absolute Gasteiger partial charge is 0.253 e. The number of rotatable bonds is 8. The Morgan fingerprint density at radius 2 is 1.86 bits per heavy atom. The minimum absolute atomic E-state index is 0.134. The van der Waals surface area contributed by atoms with Crippen molar-refractivity contribution in [1.29, 1.82) is 0 Å². The van der Waals surface area contributed by atoms with E-state index in [-0.39, 0.29) is 10.8 Å². The van der Waals surface area contributed by atoms with Crippen LogP contribution in [0.3, 0.4) is 0 Å². The van der Waals surface area contributed by atoms with Gasteiger partial charge >= 0.3 is 0 Å². The van der Waals surface area contributed by atoms with Crippen LogP contribution in [0, 0.1) is 5.92 Å². The van der Waals surface area contributed by atoms with Crippen LogP contribution in [0.4, 0.5) is 0 Å². The zero-order chi connectivity index (χ0) is 16.8. The average molecular weight is 326 g/mol. The first-order chi connectivity index (χ1) is 10.3. The molecule has 1 aromatic carbocycles. The van der Waals surface area contributed by atoms with Crippen LogP contribution in [0.15, 0.2) is 29.2 Å². The zero-order valence-electron chi connectivity index (χ0n) is 13.8. The Morgan fingerprint density at radius 3 is 2.41 bits per heavy atom. The number of hydrogen-bond donors (Lipinski definition) is 1. The molecule has 6 heteroatoms. The maximum absolute atomic E-state index is 12.3. The van der Waals surface area contributed by atoms with E-state index in [9.17, 15) is 13.2 Å². The Labute approximate surface area is 133 Å². The molecule has 5 nitrogen and oxygen atoms in total. The van der Waals surface area contributed by atoms with Crippen molar-refractivity contribution in [3.05, 3.63) is 29.8 Å². The molecule has 0 spiro atoms. The van der Waals surface area contributed by atoms with Crippen molar-refractivity contribution in [2.24, 2.45) is 5.92 Å². The number of sulfonamides is 1. The van der Waals surface area contributed by atoms with Crippen LogP contribution in [0.1, 0.15) is 44.5 Å². The third-order valence-electron chi connectivity index (χ3n) is 3.46. The van der Waals surface area contributed by atoms with Crippen LogP contribution in [-0.4, -0.2) is 38.9 Å². The monoisotopic (exact) mass is 326 g/mol. The molecule has 0 unspecified atom stereocenters. The number of benzene rings is 1. The summed E-state index contributed by atoms with van der Waals surface area (Å²) in [5, 5.41) is 0.